The maximum absolute atomic E-state index is 13.0. The molecule has 0 saturated carbocycles. The Hall–Kier alpha value is -4.28. The molecule has 0 heterocycles. The van der Waals surface area contributed by atoms with Crippen molar-refractivity contribution in [3.05, 3.63) is 109 Å². The minimum absolute atomic E-state index is 0.0645. The Morgan fingerprint density at radius 1 is 0.312 bits per heavy atom. The number of aliphatic hydroxyl groups is 1. The number of carbonyl (C=O) groups excluding carboxylic acids is 4. The van der Waals surface area contributed by atoms with E-state index in [0.29, 0.717) is 25.7 Å². The number of esters is 4. The molecule has 96 heavy (non-hydrogen) atoms. The van der Waals surface area contributed by atoms with Crippen LogP contribution >= 0.6 is 15.6 Å². The zero-order valence-electron chi connectivity index (χ0n) is 60.0. The third kappa shape index (κ3) is 68.3. The minimum atomic E-state index is -4.99. The molecule has 0 radical (unpaired) electrons. The zero-order valence-corrected chi connectivity index (χ0v) is 61.8. The first-order valence-electron chi connectivity index (χ1n) is 37.1. The summed E-state index contributed by atoms with van der Waals surface area (Å²) < 4.78 is 68.2. The van der Waals surface area contributed by atoms with E-state index in [1.807, 2.05) is 18.2 Å². The van der Waals surface area contributed by atoms with Gasteiger partial charge in [-0.2, -0.15) is 0 Å². The quantitative estimate of drug-likeness (QED) is 0.0169. The van der Waals surface area contributed by atoms with Gasteiger partial charge in [0.1, 0.15) is 19.3 Å². The third-order valence-corrected chi connectivity index (χ3v) is 17.1. The van der Waals surface area contributed by atoms with Crippen LogP contribution in [0, 0.1) is 0 Å². The lowest BCUT2D eigenvalue weighted by atomic mass is 10.1. The van der Waals surface area contributed by atoms with Gasteiger partial charge in [0, 0.05) is 19.3 Å². The first kappa shape index (κ1) is 91.7. The van der Waals surface area contributed by atoms with Crippen molar-refractivity contribution in [1.82, 2.24) is 0 Å². The number of aliphatic hydroxyl groups excluding tert-OH is 1. The molecule has 0 aromatic rings. The number of phosphoric ester groups is 2. The molecule has 0 aliphatic heterocycles. The van der Waals surface area contributed by atoms with E-state index in [2.05, 4.69) is 113 Å². The lowest BCUT2D eigenvalue weighted by Gasteiger charge is -2.21. The summed E-state index contributed by atoms with van der Waals surface area (Å²) in [4.78, 5) is 72.6. The Labute approximate surface area is 581 Å². The third-order valence-electron chi connectivity index (χ3n) is 15.2. The van der Waals surface area contributed by atoms with Crippen molar-refractivity contribution >= 4 is 39.5 Å². The predicted molar refractivity (Wildman–Crippen MR) is 390 cm³/mol. The number of unbranched alkanes of at least 4 members (excludes halogenated alkanes) is 26. The summed E-state index contributed by atoms with van der Waals surface area (Å²) in [5, 5.41) is 10.6. The summed E-state index contributed by atoms with van der Waals surface area (Å²) in [6, 6.07) is 0. The number of ether oxygens (including phenoxy) is 4. The second kappa shape index (κ2) is 69.2. The van der Waals surface area contributed by atoms with Gasteiger partial charge in [-0.05, 0) is 128 Å². The van der Waals surface area contributed by atoms with Gasteiger partial charge in [0.25, 0.3) is 0 Å². The molecule has 0 amide bonds. The SMILES string of the molecule is CC/C=C\C/C=C\C/C=C\C/C=C\C/C=C\CC(=O)OCC(COP(=O)(O)OCC(O)COP(=O)(O)OCC(COC(=O)CCCCCCC/C=C\C/C=C\CCCCC)OC(=O)CCCCCCC/C=C\CCCC)OC(=O)CCCCCCC/C=C\CCCCCCCC. The molecular weight excluding hydrogens is 1260 g/mol. The summed E-state index contributed by atoms with van der Waals surface area (Å²) in [7, 11) is -9.97. The monoisotopic (exact) mass is 1390 g/mol. The highest BCUT2D eigenvalue weighted by molar-refractivity contribution is 7.47. The first-order valence-corrected chi connectivity index (χ1v) is 40.1. The van der Waals surface area contributed by atoms with Crippen LogP contribution in [0.25, 0.3) is 0 Å². The molecule has 0 fully saturated rings. The fraction of sp³-hybridized carbons (Fsp3) is 0.714. The van der Waals surface area contributed by atoms with Crippen molar-refractivity contribution < 1.29 is 80.2 Å². The number of allylic oxidation sites excluding steroid dienone is 17. The molecule has 0 aliphatic carbocycles. The Kier molecular flexibility index (Phi) is 66.1. The van der Waals surface area contributed by atoms with Gasteiger partial charge in [0.2, 0.25) is 0 Å². The smallest absolute Gasteiger partial charge is 0.462 e. The Morgan fingerprint density at radius 2 is 0.594 bits per heavy atom. The molecule has 0 rings (SSSR count). The number of rotatable bonds is 69. The topological polar surface area (TPSA) is 237 Å². The van der Waals surface area contributed by atoms with Gasteiger partial charge in [-0.1, -0.05) is 253 Å². The molecule has 0 saturated heterocycles. The molecule has 19 heteroatoms. The maximum Gasteiger partial charge on any atom is 0.472 e. The van der Waals surface area contributed by atoms with Crippen molar-refractivity contribution in [3.8, 4) is 0 Å². The van der Waals surface area contributed by atoms with Gasteiger partial charge in [-0.25, -0.2) is 9.13 Å². The Bertz CT molecular complexity index is 2250. The highest BCUT2D eigenvalue weighted by Crippen LogP contribution is 2.45. The van der Waals surface area contributed by atoms with Crippen molar-refractivity contribution in [2.75, 3.05) is 39.6 Å². The average Bonchev–Trinajstić information content (AvgIpc) is 1.09. The summed E-state index contributed by atoms with van der Waals surface area (Å²) in [6.45, 7) is 4.53. The van der Waals surface area contributed by atoms with Crippen LogP contribution in [0.4, 0.5) is 0 Å². The lowest BCUT2D eigenvalue weighted by molar-refractivity contribution is -0.161. The van der Waals surface area contributed by atoms with E-state index in [-0.39, 0.29) is 25.7 Å². The van der Waals surface area contributed by atoms with E-state index in [4.69, 9.17) is 37.0 Å². The molecular formula is C77H132O17P2. The van der Waals surface area contributed by atoms with Gasteiger partial charge >= 0.3 is 39.5 Å². The second-order valence-electron chi connectivity index (χ2n) is 24.5. The van der Waals surface area contributed by atoms with E-state index in [1.54, 1.807) is 6.08 Å². The van der Waals surface area contributed by atoms with Crippen LogP contribution in [0.5, 0.6) is 0 Å². The largest absolute Gasteiger partial charge is 0.472 e. The molecule has 5 unspecified atom stereocenters. The van der Waals surface area contributed by atoms with Crippen LogP contribution < -0.4 is 0 Å². The van der Waals surface area contributed by atoms with E-state index in [0.717, 1.165) is 148 Å². The van der Waals surface area contributed by atoms with Crippen molar-refractivity contribution in [3.63, 3.8) is 0 Å². The number of carbonyl (C=O) groups is 4. The van der Waals surface area contributed by atoms with Gasteiger partial charge < -0.3 is 33.8 Å². The molecule has 0 spiro atoms. The minimum Gasteiger partial charge on any atom is -0.462 e. The summed E-state index contributed by atoms with van der Waals surface area (Å²) in [5.41, 5.74) is 0. The molecule has 17 nitrogen and oxygen atoms in total. The molecule has 552 valence electrons. The van der Waals surface area contributed by atoms with Gasteiger partial charge in [-0.3, -0.25) is 37.3 Å². The van der Waals surface area contributed by atoms with Crippen molar-refractivity contribution in [2.45, 2.75) is 316 Å². The van der Waals surface area contributed by atoms with Crippen LogP contribution in [0.2, 0.25) is 0 Å². The molecule has 0 aromatic carbocycles. The highest BCUT2D eigenvalue weighted by atomic mass is 31.2. The Balaban J connectivity index is 5.41. The van der Waals surface area contributed by atoms with Gasteiger partial charge in [0.15, 0.2) is 12.2 Å². The fourth-order valence-electron chi connectivity index (χ4n) is 9.53. The fourth-order valence-corrected chi connectivity index (χ4v) is 11.1. The average molecular weight is 1390 g/mol. The van der Waals surface area contributed by atoms with Crippen LogP contribution in [0.15, 0.2) is 109 Å². The van der Waals surface area contributed by atoms with Gasteiger partial charge in [-0.15, -0.1) is 0 Å². The summed E-state index contributed by atoms with van der Waals surface area (Å²) in [6.07, 6.45) is 72.6. The number of phosphoric acid groups is 2. The van der Waals surface area contributed by atoms with E-state index >= 15 is 0 Å². The zero-order chi connectivity index (χ0) is 70.4. The summed E-state index contributed by atoms with van der Waals surface area (Å²) in [5.74, 6) is -2.35. The summed E-state index contributed by atoms with van der Waals surface area (Å²) >= 11 is 0. The first-order chi connectivity index (χ1) is 46.7. The molecule has 0 aromatic heterocycles. The standard InChI is InChI=1S/C77H132O17P2/c1-5-9-13-17-21-25-29-32-35-38-42-45-49-53-57-61-74(79)87-67-72(93-76(81)63-59-55-51-47-41-28-24-20-16-12-8-4)69-91-95(83,84)89-65-71(78)66-90-96(85,86)92-70-73(94-77(82)64-60-56-52-48-44-40-37-34-31-27-23-19-15-11-7-3)68-88-75(80)62-58-54-50-46-43-39-36-33-30-26-22-18-14-10-6-2/h10,14,20-22,24-26,32-37,43,46,54,58,71-73,78H,5-9,11-13,15-19,23,27-31,38-42,44-45,47-53,55-57,59-70H2,1-4H3,(H,83,84)(H,85,86)/b14-10-,24-20-,25-21-,26-22-,35-32-,36-33-,37-34-,46-43-,58-54-. The van der Waals surface area contributed by atoms with E-state index in [9.17, 15) is 43.2 Å². The van der Waals surface area contributed by atoms with Crippen LogP contribution in [0.1, 0.15) is 297 Å². The molecule has 0 bridgehead atoms. The van der Waals surface area contributed by atoms with Gasteiger partial charge in [0.05, 0.1) is 32.8 Å². The molecule has 0 aliphatic rings. The lowest BCUT2D eigenvalue weighted by Crippen LogP contribution is -2.30. The maximum atomic E-state index is 13.0. The van der Waals surface area contributed by atoms with Crippen molar-refractivity contribution in [1.29, 1.82) is 0 Å². The van der Waals surface area contributed by atoms with Crippen LogP contribution in [-0.2, 0) is 65.4 Å². The highest BCUT2D eigenvalue weighted by Gasteiger charge is 2.30. The Morgan fingerprint density at radius 3 is 0.990 bits per heavy atom. The molecule has 3 N–H and O–H groups in total. The van der Waals surface area contributed by atoms with E-state index in [1.165, 1.54) is 70.6 Å². The van der Waals surface area contributed by atoms with E-state index < -0.39 is 97.5 Å². The van der Waals surface area contributed by atoms with Crippen LogP contribution in [-0.4, -0.2) is 96.7 Å². The number of hydrogen-bond acceptors (Lipinski definition) is 15. The number of hydrogen-bond donors (Lipinski definition) is 3. The molecule has 5 atom stereocenters. The van der Waals surface area contributed by atoms with Crippen molar-refractivity contribution in [2.24, 2.45) is 0 Å². The second-order valence-corrected chi connectivity index (χ2v) is 27.4. The normalized spacial score (nSPS) is 14.6. The van der Waals surface area contributed by atoms with Crippen LogP contribution in [0.3, 0.4) is 0 Å². The predicted octanol–water partition coefficient (Wildman–Crippen LogP) is 21.0.